The molecule has 0 spiro atoms. The van der Waals surface area contributed by atoms with Gasteiger partial charge in [-0.05, 0) is 18.2 Å². The number of esters is 2. The summed E-state index contributed by atoms with van der Waals surface area (Å²) in [6.45, 7) is 2.80. The lowest BCUT2D eigenvalue weighted by Crippen LogP contribution is -2.42. The minimum atomic E-state index is -1.43. The molecular weight excluding hydrogens is 322 g/mol. The van der Waals surface area contributed by atoms with Crippen molar-refractivity contribution in [2.24, 2.45) is 0 Å². The van der Waals surface area contributed by atoms with Crippen molar-refractivity contribution in [3.63, 3.8) is 0 Å². The zero-order valence-corrected chi connectivity index (χ0v) is 12.7. The third-order valence-corrected chi connectivity index (χ3v) is 2.98. The molecule has 0 aliphatic carbocycles. The lowest BCUT2D eigenvalue weighted by atomic mass is 10.1. The van der Waals surface area contributed by atoms with Crippen molar-refractivity contribution in [2.75, 3.05) is 5.32 Å². The first-order chi connectivity index (χ1) is 11.1. The molecule has 126 valence electrons. The van der Waals surface area contributed by atoms with Gasteiger partial charge in [0.1, 0.15) is 0 Å². The summed E-state index contributed by atoms with van der Waals surface area (Å²) in [7, 11) is 0. The molecule has 9 heteroatoms. The van der Waals surface area contributed by atoms with E-state index >= 15 is 0 Å². The van der Waals surface area contributed by atoms with Crippen LogP contribution in [0.5, 0.6) is 0 Å². The molecule has 1 heterocycles. The van der Waals surface area contributed by atoms with Crippen LogP contribution in [0.1, 0.15) is 34.6 Å². The van der Waals surface area contributed by atoms with Gasteiger partial charge in [0, 0.05) is 25.7 Å². The fraction of sp³-hybridized carbons (Fsp3) is 0.200. The van der Waals surface area contributed by atoms with Gasteiger partial charge in [0.25, 0.3) is 5.79 Å². The molecule has 1 aromatic rings. The second-order valence-electron chi connectivity index (χ2n) is 5.25. The quantitative estimate of drug-likeness (QED) is 0.421. The largest absolute Gasteiger partial charge is 0.478 e. The maximum absolute atomic E-state index is 11.8. The van der Waals surface area contributed by atoms with Crippen LogP contribution in [0.25, 0.3) is 0 Å². The summed E-state index contributed by atoms with van der Waals surface area (Å²) in [5, 5.41) is 20.5. The Hall–Kier alpha value is -3.36. The third-order valence-electron chi connectivity index (χ3n) is 2.98. The molecule has 1 aromatic carbocycles. The summed E-state index contributed by atoms with van der Waals surface area (Å²) >= 11 is 0. The van der Waals surface area contributed by atoms with Crippen LogP contribution in [0.3, 0.4) is 0 Å². The monoisotopic (exact) mass is 335 g/mol. The summed E-state index contributed by atoms with van der Waals surface area (Å²) in [6.07, 6.45) is 1.00. The van der Waals surface area contributed by atoms with Crippen molar-refractivity contribution >= 4 is 29.6 Å². The molecular formula is C15H13NO8. The standard InChI is InChI=1S/C15H13NO8/c1-15(2)23-13(21)10(14(22)24-15)6-16-7-3-4-8(11(17)18)9(5-7)12(19)20/h3-6,16H,1-2H3,(H,17,18)(H,19,20). The molecule has 0 unspecified atom stereocenters. The molecule has 1 fully saturated rings. The van der Waals surface area contributed by atoms with Crippen molar-refractivity contribution in [3.05, 3.63) is 41.1 Å². The Morgan fingerprint density at radius 3 is 2.08 bits per heavy atom. The number of ether oxygens (including phenoxy) is 2. The molecule has 1 aliphatic heterocycles. The van der Waals surface area contributed by atoms with Crippen LogP contribution < -0.4 is 5.32 Å². The number of carbonyl (C=O) groups is 4. The van der Waals surface area contributed by atoms with Crippen molar-refractivity contribution in [1.82, 2.24) is 0 Å². The van der Waals surface area contributed by atoms with Gasteiger partial charge in [-0.2, -0.15) is 0 Å². The van der Waals surface area contributed by atoms with Gasteiger partial charge < -0.3 is 25.0 Å². The molecule has 9 nitrogen and oxygen atoms in total. The average Bonchev–Trinajstić information content (AvgIpc) is 2.44. The number of anilines is 1. The first kappa shape index (κ1) is 17.0. The number of carboxylic acid groups (broad SMARTS) is 2. The molecule has 0 amide bonds. The van der Waals surface area contributed by atoms with Crippen LogP contribution in [0, 0.1) is 0 Å². The molecule has 0 bridgehead atoms. The first-order valence-corrected chi connectivity index (χ1v) is 6.65. The minimum Gasteiger partial charge on any atom is -0.478 e. The van der Waals surface area contributed by atoms with E-state index < -0.39 is 40.8 Å². The molecule has 2 rings (SSSR count). The maximum Gasteiger partial charge on any atom is 0.350 e. The number of benzene rings is 1. The Kier molecular flexibility index (Phi) is 4.27. The highest BCUT2D eigenvalue weighted by Gasteiger charge is 2.38. The summed E-state index contributed by atoms with van der Waals surface area (Å²) in [6, 6.07) is 3.44. The van der Waals surface area contributed by atoms with Crippen molar-refractivity contribution in [3.8, 4) is 0 Å². The smallest absolute Gasteiger partial charge is 0.350 e. The highest BCUT2D eigenvalue weighted by molar-refractivity contribution is 6.15. The predicted octanol–water partition coefficient (Wildman–Crippen LogP) is 1.21. The normalized spacial score (nSPS) is 16.0. The van der Waals surface area contributed by atoms with Crippen LogP contribution in [-0.2, 0) is 19.1 Å². The zero-order valence-electron chi connectivity index (χ0n) is 12.7. The van der Waals surface area contributed by atoms with E-state index in [9.17, 15) is 19.2 Å². The molecule has 3 N–H and O–H groups in total. The molecule has 24 heavy (non-hydrogen) atoms. The second-order valence-corrected chi connectivity index (χ2v) is 5.25. The van der Waals surface area contributed by atoms with Gasteiger partial charge in [0.15, 0.2) is 5.57 Å². The van der Waals surface area contributed by atoms with Crippen LogP contribution >= 0.6 is 0 Å². The van der Waals surface area contributed by atoms with Crippen molar-refractivity contribution < 1.29 is 38.9 Å². The van der Waals surface area contributed by atoms with E-state index in [-0.39, 0.29) is 11.3 Å². The van der Waals surface area contributed by atoms with E-state index in [1.54, 1.807) is 0 Å². The topological polar surface area (TPSA) is 139 Å². The van der Waals surface area contributed by atoms with E-state index in [1.165, 1.54) is 19.9 Å². The van der Waals surface area contributed by atoms with Crippen LogP contribution in [0.15, 0.2) is 30.0 Å². The lowest BCUT2D eigenvalue weighted by Gasteiger charge is -2.29. The highest BCUT2D eigenvalue weighted by Crippen LogP contribution is 2.23. The Labute approximate surface area is 135 Å². The Bertz CT molecular complexity index is 756. The van der Waals surface area contributed by atoms with Gasteiger partial charge >= 0.3 is 23.9 Å². The minimum absolute atomic E-state index is 0.162. The van der Waals surface area contributed by atoms with Crippen molar-refractivity contribution in [1.29, 1.82) is 0 Å². The predicted molar refractivity (Wildman–Crippen MR) is 78.3 cm³/mol. The summed E-state index contributed by atoms with van der Waals surface area (Å²) in [5.41, 5.74) is -1.08. The number of cyclic esters (lactones) is 2. The number of hydrogen-bond acceptors (Lipinski definition) is 7. The van der Waals surface area contributed by atoms with Crippen LogP contribution in [-0.4, -0.2) is 39.9 Å². The third kappa shape index (κ3) is 3.51. The van der Waals surface area contributed by atoms with E-state index in [2.05, 4.69) is 5.32 Å². The molecule has 0 aromatic heterocycles. The average molecular weight is 335 g/mol. The summed E-state index contributed by atoms with van der Waals surface area (Å²) < 4.78 is 9.79. The summed E-state index contributed by atoms with van der Waals surface area (Å²) in [5.74, 6) is -5.99. The van der Waals surface area contributed by atoms with E-state index in [1.807, 2.05) is 0 Å². The van der Waals surface area contributed by atoms with Gasteiger partial charge in [-0.15, -0.1) is 0 Å². The molecule has 1 aliphatic rings. The number of aromatic carboxylic acids is 2. The molecule has 0 atom stereocenters. The van der Waals surface area contributed by atoms with Gasteiger partial charge in [-0.3, -0.25) is 0 Å². The molecule has 0 saturated carbocycles. The number of rotatable bonds is 4. The van der Waals surface area contributed by atoms with Crippen molar-refractivity contribution in [2.45, 2.75) is 19.6 Å². The number of nitrogens with one attached hydrogen (secondary N) is 1. The van der Waals surface area contributed by atoms with Crippen LogP contribution in [0.4, 0.5) is 5.69 Å². The number of carbonyl (C=O) groups excluding carboxylic acids is 2. The van der Waals surface area contributed by atoms with E-state index in [4.69, 9.17) is 19.7 Å². The lowest BCUT2D eigenvalue weighted by molar-refractivity contribution is -0.222. The zero-order chi connectivity index (χ0) is 18.1. The van der Waals surface area contributed by atoms with Crippen LogP contribution in [0.2, 0.25) is 0 Å². The Morgan fingerprint density at radius 1 is 1.04 bits per heavy atom. The highest BCUT2D eigenvalue weighted by atomic mass is 16.7. The fourth-order valence-corrected chi connectivity index (χ4v) is 1.93. The molecule has 1 saturated heterocycles. The van der Waals surface area contributed by atoms with Gasteiger partial charge in [-0.1, -0.05) is 0 Å². The number of carboxylic acids is 2. The second kappa shape index (κ2) is 6.03. The number of hydrogen-bond donors (Lipinski definition) is 3. The Morgan fingerprint density at radius 2 is 1.58 bits per heavy atom. The fourth-order valence-electron chi connectivity index (χ4n) is 1.93. The van der Waals surface area contributed by atoms with E-state index in [0.29, 0.717) is 0 Å². The summed E-state index contributed by atoms with van der Waals surface area (Å²) in [4.78, 5) is 45.6. The first-order valence-electron chi connectivity index (χ1n) is 6.65. The SMILES string of the molecule is CC1(C)OC(=O)C(=CNc2ccc(C(=O)O)c(C(=O)O)c2)C(=O)O1. The molecule has 0 radical (unpaired) electrons. The van der Waals surface area contributed by atoms with Gasteiger partial charge in [0.2, 0.25) is 0 Å². The van der Waals surface area contributed by atoms with Gasteiger partial charge in [-0.25, -0.2) is 19.2 Å². The van der Waals surface area contributed by atoms with Gasteiger partial charge in [0.05, 0.1) is 11.1 Å². The van der Waals surface area contributed by atoms with E-state index in [0.717, 1.165) is 18.3 Å². The maximum atomic E-state index is 11.8. The Balaban J connectivity index is 2.27.